The van der Waals surface area contributed by atoms with Crippen LogP contribution in [0.2, 0.25) is 0 Å². The highest BCUT2D eigenvalue weighted by atomic mass is 16.5. The molecule has 4 aromatic rings. The number of nitrogens with one attached hydrogen (secondary N) is 1. The zero-order valence-electron chi connectivity index (χ0n) is 21.2. The number of imide groups is 2. The number of hydrogen-bond donors (Lipinski definition) is 2. The van der Waals surface area contributed by atoms with E-state index in [9.17, 15) is 19.2 Å². The number of aryl methyl sites for hydroxylation is 2. The van der Waals surface area contributed by atoms with E-state index in [1.165, 1.54) is 18.2 Å². The normalized spacial score (nSPS) is 14.6. The highest BCUT2D eigenvalue weighted by Gasteiger charge is 2.37. The van der Waals surface area contributed by atoms with Gasteiger partial charge in [0.25, 0.3) is 11.8 Å². The monoisotopic (exact) mass is 520 g/mol. The number of anilines is 1. The zero-order chi connectivity index (χ0) is 27.7. The number of rotatable bonds is 6. The van der Waals surface area contributed by atoms with Crippen molar-refractivity contribution in [3.8, 4) is 5.75 Å². The molecule has 1 saturated heterocycles. The van der Waals surface area contributed by atoms with Gasteiger partial charge in [-0.15, -0.1) is 0 Å². The summed E-state index contributed by atoms with van der Waals surface area (Å²) in [5.74, 6) is -2.14. The number of urea groups is 1. The molecule has 194 valence electrons. The minimum absolute atomic E-state index is 0.127. The Hall–Kier alpha value is -5.24. The van der Waals surface area contributed by atoms with Gasteiger partial charge in [-0.05, 0) is 77.7 Å². The number of carbonyl (C=O) groups excluding carboxylic acids is 3. The lowest BCUT2D eigenvalue weighted by atomic mass is 9.99. The zero-order valence-corrected chi connectivity index (χ0v) is 21.2. The third-order valence-corrected chi connectivity index (χ3v) is 6.38. The summed E-state index contributed by atoms with van der Waals surface area (Å²) in [6.07, 6.45) is 1.45. The predicted molar refractivity (Wildman–Crippen MR) is 147 cm³/mol. The van der Waals surface area contributed by atoms with Crippen LogP contribution < -0.4 is 15.0 Å². The Kier molecular flexibility index (Phi) is 6.68. The third kappa shape index (κ3) is 5.13. The van der Waals surface area contributed by atoms with Crippen LogP contribution in [0, 0.1) is 13.8 Å². The number of amides is 4. The molecule has 1 heterocycles. The van der Waals surface area contributed by atoms with Gasteiger partial charge in [0, 0.05) is 5.56 Å². The SMILES string of the molecule is Cc1cc(C)cc(N2C(=O)NC(=O)/C(=C\c3c(OCc4ccc(C(=O)O)cc4)ccc4ccccc34)C2=O)c1. The first-order chi connectivity index (χ1) is 18.7. The molecular formula is C31H24N2O6. The lowest BCUT2D eigenvalue weighted by molar-refractivity contribution is -0.122. The fourth-order valence-electron chi connectivity index (χ4n) is 4.57. The van der Waals surface area contributed by atoms with Crippen LogP contribution in [0.4, 0.5) is 10.5 Å². The van der Waals surface area contributed by atoms with E-state index in [0.29, 0.717) is 17.0 Å². The van der Waals surface area contributed by atoms with Crippen LogP contribution in [0.15, 0.2) is 84.4 Å². The second-order valence-electron chi connectivity index (χ2n) is 9.29. The molecule has 1 aliphatic rings. The van der Waals surface area contributed by atoms with Crippen LogP contribution in [0.1, 0.15) is 32.6 Å². The van der Waals surface area contributed by atoms with E-state index in [1.807, 2.05) is 50.2 Å². The molecule has 0 saturated carbocycles. The fourth-order valence-corrected chi connectivity index (χ4v) is 4.57. The van der Waals surface area contributed by atoms with E-state index in [0.717, 1.165) is 32.4 Å². The molecule has 0 bridgehead atoms. The fraction of sp³-hybridized carbons (Fsp3) is 0.0968. The number of ether oxygens (including phenoxy) is 1. The average molecular weight is 521 g/mol. The summed E-state index contributed by atoms with van der Waals surface area (Å²) < 4.78 is 6.09. The summed E-state index contributed by atoms with van der Waals surface area (Å²) in [6, 6.07) is 21.9. The van der Waals surface area contributed by atoms with Gasteiger partial charge in [-0.1, -0.05) is 48.5 Å². The van der Waals surface area contributed by atoms with Crippen LogP contribution in [0.5, 0.6) is 5.75 Å². The molecule has 5 rings (SSSR count). The number of hydrogen-bond acceptors (Lipinski definition) is 5. The highest BCUT2D eigenvalue weighted by Crippen LogP contribution is 2.32. The van der Waals surface area contributed by atoms with Gasteiger partial charge in [0.2, 0.25) is 0 Å². The molecule has 8 nitrogen and oxygen atoms in total. The summed E-state index contributed by atoms with van der Waals surface area (Å²) in [6.45, 7) is 3.85. The molecule has 1 aliphatic heterocycles. The third-order valence-electron chi connectivity index (χ3n) is 6.38. The van der Waals surface area contributed by atoms with Crippen LogP contribution in [-0.4, -0.2) is 28.9 Å². The predicted octanol–water partition coefficient (Wildman–Crippen LogP) is 5.40. The largest absolute Gasteiger partial charge is 0.488 e. The first-order valence-corrected chi connectivity index (χ1v) is 12.2. The molecule has 4 amide bonds. The number of fused-ring (bicyclic) bond motifs is 1. The second kappa shape index (κ2) is 10.3. The van der Waals surface area contributed by atoms with Crippen molar-refractivity contribution in [1.29, 1.82) is 0 Å². The van der Waals surface area contributed by atoms with Crippen molar-refractivity contribution in [3.05, 3.63) is 112 Å². The molecule has 2 N–H and O–H groups in total. The minimum atomic E-state index is -1.02. The van der Waals surface area contributed by atoms with Crippen molar-refractivity contribution >= 4 is 46.4 Å². The number of nitrogens with zero attached hydrogens (tertiary/aromatic N) is 1. The molecule has 4 aromatic carbocycles. The molecule has 0 spiro atoms. The van der Waals surface area contributed by atoms with Crippen molar-refractivity contribution in [2.45, 2.75) is 20.5 Å². The number of aromatic carboxylic acids is 1. The molecule has 8 heteroatoms. The van der Waals surface area contributed by atoms with Crippen LogP contribution in [0.25, 0.3) is 16.8 Å². The van der Waals surface area contributed by atoms with E-state index in [4.69, 9.17) is 9.84 Å². The number of barbiturate groups is 1. The average Bonchev–Trinajstić information content (AvgIpc) is 2.89. The van der Waals surface area contributed by atoms with Gasteiger partial charge in [-0.3, -0.25) is 14.9 Å². The van der Waals surface area contributed by atoms with Gasteiger partial charge in [-0.2, -0.15) is 0 Å². The van der Waals surface area contributed by atoms with Crippen molar-refractivity contribution in [1.82, 2.24) is 5.32 Å². The molecule has 0 atom stereocenters. The number of carboxylic acids is 1. The van der Waals surface area contributed by atoms with Crippen molar-refractivity contribution < 1.29 is 29.0 Å². The molecule has 39 heavy (non-hydrogen) atoms. The van der Waals surface area contributed by atoms with E-state index in [1.54, 1.807) is 30.3 Å². The maximum Gasteiger partial charge on any atom is 0.335 e. The van der Waals surface area contributed by atoms with Crippen molar-refractivity contribution in [3.63, 3.8) is 0 Å². The van der Waals surface area contributed by atoms with Gasteiger partial charge >= 0.3 is 12.0 Å². The Morgan fingerprint density at radius 3 is 2.31 bits per heavy atom. The highest BCUT2D eigenvalue weighted by molar-refractivity contribution is 6.39. The standard InChI is InChI=1S/C31H24N2O6/c1-18-13-19(2)15-23(14-18)33-29(35)26(28(34)32-31(33)38)16-25-24-6-4-3-5-21(24)11-12-27(25)39-17-20-7-9-22(10-8-20)30(36)37/h3-16H,17H2,1-2H3,(H,36,37)(H,32,34,38)/b26-16+. The maximum atomic E-state index is 13.6. The molecule has 0 unspecified atom stereocenters. The minimum Gasteiger partial charge on any atom is -0.488 e. The summed E-state index contributed by atoms with van der Waals surface area (Å²) in [5.41, 5.74) is 3.31. The molecular weight excluding hydrogens is 496 g/mol. The Balaban J connectivity index is 1.55. The Morgan fingerprint density at radius 1 is 0.923 bits per heavy atom. The molecule has 0 radical (unpaired) electrons. The smallest absolute Gasteiger partial charge is 0.335 e. The Morgan fingerprint density at radius 2 is 1.62 bits per heavy atom. The quantitative estimate of drug-likeness (QED) is 0.260. The summed E-state index contributed by atoms with van der Waals surface area (Å²) in [5, 5.41) is 13.0. The van der Waals surface area contributed by atoms with Gasteiger partial charge in [0.05, 0.1) is 11.3 Å². The molecule has 1 fully saturated rings. The van der Waals surface area contributed by atoms with E-state index in [-0.39, 0.29) is 17.7 Å². The van der Waals surface area contributed by atoms with Gasteiger partial charge < -0.3 is 9.84 Å². The Bertz CT molecular complexity index is 1670. The lowest BCUT2D eigenvalue weighted by Crippen LogP contribution is -2.54. The van der Waals surface area contributed by atoms with E-state index in [2.05, 4.69) is 5.32 Å². The van der Waals surface area contributed by atoms with Crippen molar-refractivity contribution in [2.24, 2.45) is 0 Å². The van der Waals surface area contributed by atoms with Gasteiger partial charge in [0.1, 0.15) is 17.9 Å². The number of carbonyl (C=O) groups is 4. The van der Waals surface area contributed by atoms with Crippen molar-refractivity contribution in [2.75, 3.05) is 4.90 Å². The molecule has 0 aromatic heterocycles. The first-order valence-electron chi connectivity index (χ1n) is 12.2. The second-order valence-corrected chi connectivity index (χ2v) is 9.29. The van der Waals surface area contributed by atoms with Crippen LogP contribution >= 0.6 is 0 Å². The first kappa shape index (κ1) is 25.4. The van der Waals surface area contributed by atoms with Crippen LogP contribution in [0.3, 0.4) is 0 Å². The van der Waals surface area contributed by atoms with E-state index < -0.39 is 23.8 Å². The number of benzene rings is 4. The molecule has 0 aliphatic carbocycles. The maximum absolute atomic E-state index is 13.6. The topological polar surface area (TPSA) is 113 Å². The van der Waals surface area contributed by atoms with Crippen LogP contribution in [-0.2, 0) is 16.2 Å². The summed E-state index contributed by atoms with van der Waals surface area (Å²) >= 11 is 0. The lowest BCUT2D eigenvalue weighted by Gasteiger charge is -2.27. The summed E-state index contributed by atoms with van der Waals surface area (Å²) in [7, 11) is 0. The van der Waals surface area contributed by atoms with E-state index >= 15 is 0 Å². The summed E-state index contributed by atoms with van der Waals surface area (Å²) in [4.78, 5) is 51.3. The Labute approximate surface area is 224 Å². The van der Waals surface area contributed by atoms with Gasteiger partial charge in [0.15, 0.2) is 0 Å². The van der Waals surface area contributed by atoms with Gasteiger partial charge in [-0.25, -0.2) is 14.5 Å². The number of carboxylic acid groups (broad SMARTS) is 1.